The van der Waals surface area contributed by atoms with Crippen LogP contribution in [0.3, 0.4) is 0 Å². The number of esters is 1. The molecule has 8 heteroatoms. The molecule has 1 saturated carbocycles. The summed E-state index contributed by atoms with van der Waals surface area (Å²) in [6.45, 7) is 0. The smallest absolute Gasteiger partial charge is 0.308 e. The number of nitrogens with one attached hydrogen (secondary N) is 1. The van der Waals surface area contributed by atoms with Gasteiger partial charge in [-0.05, 0) is 38.2 Å². The highest BCUT2D eigenvalue weighted by molar-refractivity contribution is 7.93. The summed E-state index contributed by atoms with van der Waals surface area (Å²) in [5, 5.41) is 0. The number of aromatic nitrogens is 1. The Labute approximate surface area is 147 Å². The molecule has 1 heterocycles. The molecule has 0 aliphatic heterocycles. The second-order valence-corrected chi connectivity index (χ2v) is 8.12. The lowest BCUT2D eigenvalue weighted by molar-refractivity contribution is -0.146. The molecule has 7 nitrogen and oxygen atoms in total. The molecule has 3 rings (SSSR count). The highest BCUT2D eigenvalue weighted by Gasteiger charge is 2.30. The summed E-state index contributed by atoms with van der Waals surface area (Å²) >= 11 is 0. The van der Waals surface area contributed by atoms with E-state index in [0.29, 0.717) is 32.1 Å². The van der Waals surface area contributed by atoms with E-state index in [0.717, 1.165) is 5.76 Å². The first-order valence-electron chi connectivity index (χ1n) is 8.36. The molecule has 1 unspecified atom stereocenters. The quantitative estimate of drug-likeness (QED) is 0.803. The van der Waals surface area contributed by atoms with Gasteiger partial charge in [-0.1, -0.05) is 12.2 Å². The zero-order valence-electron chi connectivity index (χ0n) is 14.1. The van der Waals surface area contributed by atoms with Crippen LogP contribution in [0.25, 0.3) is 0 Å². The summed E-state index contributed by atoms with van der Waals surface area (Å²) in [6, 6.07) is -0.146. The first kappa shape index (κ1) is 17.9. The molecule has 1 N–H and O–H groups in total. The number of hydrogen-bond acceptors (Lipinski definition) is 6. The Morgan fingerprint density at radius 3 is 2.64 bits per heavy atom. The van der Waals surface area contributed by atoms with Gasteiger partial charge < -0.3 is 9.15 Å². The summed E-state index contributed by atoms with van der Waals surface area (Å²) in [5.74, 6) is 0.398. The van der Waals surface area contributed by atoms with E-state index in [4.69, 9.17) is 9.15 Å². The van der Waals surface area contributed by atoms with Crippen LogP contribution in [-0.2, 0) is 19.6 Å². The summed E-state index contributed by atoms with van der Waals surface area (Å²) in [6.07, 6.45) is 11.2. The molecule has 0 saturated heterocycles. The molecule has 136 valence electrons. The van der Waals surface area contributed by atoms with Gasteiger partial charge in [-0.2, -0.15) is 0 Å². The van der Waals surface area contributed by atoms with E-state index in [2.05, 4.69) is 9.71 Å². The molecule has 2 aliphatic carbocycles. The van der Waals surface area contributed by atoms with E-state index in [-0.39, 0.29) is 28.8 Å². The highest BCUT2D eigenvalue weighted by Crippen LogP contribution is 2.30. The summed E-state index contributed by atoms with van der Waals surface area (Å²) in [5.41, 5.74) is 0. The largest absolute Gasteiger partial charge is 0.469 e. The van der Waals surface area contributed by atoms with Crippen LogP contribution in [0.15, 0.2) is 40.1 Å². The molecule has 0 radical (unpaired) electrons. The Morgan fingerprint density at radius 2 is 2.08 bits per heavy atom. The minimum absolute atomic E-state index is 0.0111. The maximum Gasteiger partial charge on any atom is 0.308 e. The average Bonchev–Trinajstić information content (AvgIpc) is 3.16. The molecule has 2 aliphatic rings. The number of rotatable bonds is 5. The summed E-state index contributed by atoms with van der Waals surface area (Å²) in [4.78, 5) is 15.7. The molecule has 0 aromatic carbocycles. The zero-order valence-corrected chi connectivity index (χ0v) is 14.9. The number of sulfonamides is 1. The fraction of sp³-hybridized carbons (Fsp3) is 0.529. The number of allylic oxidation sites excluding steroid dienone is 3. The Bertz CT molecular complexity index is 759. The predicted octanol–water partition coefficient (Wildman–Crippen LogP) is 2.25. The Morgan fingerprint density at radius 1 is 1.32 bits per heavy atom. The van der Waals surface area contributed by atoms with Crippen molar-refractivity contribution in [2.24, 2.45) is 5.92 Å². The van der Waals surface area contributed by atoms with Gasteiger partial charge in [0.25, 0.3) is 0 Å². The van der Waals surface area contributed by atoms with E-state index >= 15 is 0 Å². The lowest BCUT2D eigenvalue weighted by atomic mass is 9.86. The zero-order chi connectivity index (χ0) is 17.9. The van der Waals surface area contributed by atoms with Crippen molar-refractivity contribution >= 4 is 16.0 Å². The van der Waals surface area contributed by atoms with E-state index in [1.807, 2.05) is 6.08 Å². The number of carbonyl (C=O) groups excluding carboxylic acids is 1. The summed E-state index contributed by atoms with van der Waals surface area (Å²) in [7, 11) is -2.18. The fourth-order valence-corrected chi connectivity index (χ4v) is 4.70. The first-order chi connectivity index (χ1) is 12.0. The van der Waals surface area contributed by atoms with Crippen molar-refractivity contribution in [2.45, 2.75) is 44.1 Å². The molecule has 0 bridgehead atoms. The molecule has 1 fully saturated rings. The number of hydrogen-bond donors (Lipinski definition) is 1. The van der Waals surface area contributed by atoms with Crippen LogP contribution in [0.1, 0.15) is 43.8 Å². The molecular weight excluding hydrogens is 344 g/mol. The number of carbonyl (C=O) groups is 1. The Hall–Kier alpha value is -1.93. The molecule has 1 aromatic rings. The van der Waals surface area contributed by atoms with Gasteiger partial charge >= 0.3 is 5.97 Å². The van der Waals surface area contributed by atoms with E-state index in [1.165, 1.54) is 13.5 Å². The lowest BCUT2D eigenvalue weighted by Crippen LogP contribution is -2.39. The van der Waals surface area contributed by atoms with Crippen LogP contribution in [0.2, 0.25) is 0 Å². The van der Waals surface area contributed by atoms with Crippen molar-refractivity contribution in [1.82, 2.24) is 9.71 Å². The van der Waals surface area contributed by atoms with Gasteiger partial charge in [0.05, 0.1) is 24.1 Å². The van der Waals surface area contributed by atoms with Crippen molar-refractivity contribution in [1.29, 1.82) is 0 Å². The van der Waals surface area contributed by atoms with Crippen LogP contribution < -0.4 is 4.72 Å². The molecule has 0 spiro atoms. The number of oxazole rings is 1. The van der Waals surface area contributed by atoms with Gasteiger partial charge in [0.15, 0.2) is 6.39 Å². The minimum Gasteiger partial charge on any atom is -0.469 e. The molecular formula is C17H22N2O5S. The normalized spacial score (nSPS) is 26.9. The van der Waals surface area contributed by atoms with Crippen molar-refractivity contribution in [2.75, 3.05) is 7.11 Å². The van der Waals surface area contributed by atoms with Crippen LogP contribution in [0, 0.1) is 5.92 Å². The van der Waals surface area contributed by atoms with Crippen molar-refractivity contribution in [3.05, 3.63) is 41.5 Å². The fourth-order valence-electron chi connectivity index (χ4n) is 3.32. The SMILES string of the molecule is COC(=O)C1CCC(NS(=O)(=O)C2=CCC(c3cnco3)C=C2)CC1. The number of nitrogens with zero attached hydrogens (tertiary/aromatic N) is 1. The highest BCUT2D eigenvalue weighted by atomic mass is 32.2. The standard InChI is InChI=1S/C17H22N2O5S/c1-23-17(20)13-2-6-14(7-3-13)19-25(21,22)15-8-4-12(5-9-15)16-10-18-11-24-16/h4,8-14,19H,2-3,5-7H2,1H3. The second kappa shape index (κ2) is 7.53. The topological polar surface area (TPSA) is 98.5 Å². The molecule has 25 heavy (non-hydrogen) atoms. The van der Waals surface area contributed by atoms with Gasteiger partial charge in [-0.3, -0.25) is 4.79 Å². The maximum absolute atomic E-state index is 12.6. The molecule has 0 amide bonds. The van der Waals surface area contributed by atoms with Crippen LogP contribution in [-0.4, -0.2) is 32.5 Å². The van der Waals surface area contributed by atoms with Crippen molar-refractivity contribution in [3.8, 4) is 0 Å². The predicted molar refractivity (Wildman–Crippen MR) is 90.9 cm³/mol. The van der Waals surface area contributed by atoms with Gasteiger partial charge in [0.2, 0.25) is 10.0 Å². The molecule has 1 atom stereocenters. The van der Waals surface area contributed by atoms with E-state index < -0.39 is 10.0 Å². The van der Waals surface area contributed by atoms with Crippen LogP contribution in [0.4, 0.5) is 0 Å². The maximum atomic E-state index is 12.6. The monoisotopic (exact) mass is 366 g/mol. The van der Waals surface area contributed by atoms with E-state index in [1.54, 1.807) is 18.3 Å². The Kier molecular flexibility index (Phi) is 5.39. The van der Waals surface area contributed by atoms with Gasteiger partial charge in [0, 0.05) is 12.0 Å². The second-order valence-electron chi connectivity index (χ2n) is 6.40. The lowest BCUT2D eigenvalue weighted by Gasteiger charge is -2.27. The third kappa shape index (κ3) is 4.19. The van der Waals surface area contributed by atoms with E-state index in [9.17, 15) is 13.2 Å². The number of ether oxygens (including phenoxy) is 1. The number of methoxy groups -OCH3 is 1. The average molecular weight is 366 g/mol. The van der Waals surface area contributed by atoms with Crippen molar-refractivity contribution in [3.63, 3.8) is 0 Å². The summed E-state index contributed by atoms with van der Waals surface area (Å²) < 4.78 is 37.9. The van der Waals surface area contributed by atoms with Crippen LogP contribution >= 0.6 is 0 Å². The third-order valence-corrected chi connectivity index (χ3v) is 6.34. The van der Waals surface area contributed by atoms with Gasteiger partial charge in [0.1, 0.15) is 5.76 Å². The van der Waals surface area contributed by atoms with Gasteiger partial charge in [-0.15, -0.1) is 0 Å². The minimum atomic E-state index is -3.56. The molecule has 1 aromatic heterocycles. The third-order valence-electron chi connectivity index (χ3n) is 4.78. The first-order valence-corrected chi connectivity index (χ1v) is 9.85. The Balaban J connectivity index is 1.56. The van der Waals surface area contributed by atoms with Crippen molar-refractivity contribution < 1.29 is 22.4 Å². The van der Waals surface area contributed by atoms with Gasteiger partial charge in [-0.25, -0.2) is 18.1 Å². The van der Waals surface area contributed by atoms with Crippen LogP contribution in [0.5, 0.6) is 0 Å².